The third-order valence-corrected chi connectivity index (χ3v) is 2.43. The highest BCUT2D eigenvalue weighted by molar-refractivity contribution is 5.85. The lowest BCUT2D eigenvalue weighted by molar-refractivity contribution is -0.126. The molecule has 1 amide bonds. The van der Waals surface area contributed by atoms with E-state index in [1.807, 2.05) is 5.01 Å². The molecule has 1 atom stereocenters. The Morgan fingerprint density at radius 1 is 1.31 bits per heavy atom. The van der Waals surface area contributed by atoms with Gasteiger partial charge in [-0.25, -0.2) is 5.01 Å². The van der Waals surface area contributed by atoms with Crippen molar-refractivity contribution < 1.29 is 4.79 Å². The zero-order valence-electron chi connectivity index (χ0n) is 9.35. The zero-order chi connectivity index (χ0) is 10.4. The van der Waals surface area contributed by atoms with Gasteiger partial charge in [0, 0.05) is 13.1 Å². The summed E-state index contributed by atoms with van der Waals surface area (Å²) in [5.41, 5.74) is 13.8. The normalized spacial score (nSPS) is 17.1. The van der Waals surface area contributed by atoms with Gasteiger partial charge in [0.1, 0.15) is 0 Å². The van der Waals surface area contributed by atoms with Crippen molar-refractivity contribution in [2.75, 3.05) is 19.6 Å². The number of carbonyl (C=O) groups excluding carboxylic acids is 1. The van der Waals surface area contributed by atoms with E-state index in [-0.39, 0.29) is 30.7 Å². The number of nitrogens with zero attached hydrogens (tertiary/aromatic N) is 1. The van der Waals surface area contributed by atoms with Crippen molar-refractivity contribution in [2.24, 2.45) is 11.5 Å². The number of hydrogen-bond acceptors (Lipinski definition) is 4. The van der Waals surface area contributed by atoms with E-state index in [0.717, 1.165) is 32.4 Å². The number of hydrogen-bond donors (Lipinski definition) is 3. The van der Waals surface area contributed by atoms with Crippen LogP contribution >= 0.6 is 24.8 Å². The maximum atomic E-state index is 11.5. The molecule has 0 saturated carbocycles. The second-order valence-corrected chi connectivity index (χ2v) is 3.71. The first-order valence-electron chi connectivity index (χ1n) is 5.25. The summed E-state index contributed by atoms with van der Waals surface area (Å²) < 4.78 is 0. The first-order valence-corrected chi connectivity index (χ1v) is 5.25. The van der Waals surface area contributed by atoms with Gasteiger partial charge in [-0.05, 0) is 32.2 Å². The fourth-order valence-electron chi connectivity index (χ4n) is 1.54. The molecular formula is C9H22Cl2N4O. The van der Waals surface area contributed by atoms with Crippen LogP contribution in [-0.2, 0) is 4.79 Å². The third-order valence-electron chi connectivity index (χ3n) is 2.43. The van der Waals surface area contributed by atoms with Gasteiger partial charge in [0.05, 0.1) is 6.04 Å². The molecule has 0 aromatic rings. The molecule has 0 aromatic heterocycles. The largest absolute Gasteiger partial charge is 0.330 e. The average molecular weight is 273 g/mol. The van der Waals surface area contributed by atoms with Crippen LogP contribution in [0.3, 0.4) is 0 Å². The molecular weight excluding hydrogens is 251 g/mol. The summed E-state index contributed by atoms with van der Waals surface area (Å²) in [6, 6.07) is -0.417. The van der Waals surface area contributed by atoms with Crippen LogP contribution in [0.1, 0.15) is 25.7 Å². The van der Waals surface area contributed by atoms with Gasteiger partial charge in [0.15, 0.2) is 0 Å². The summed E-state index contributed by atoms with van der Waals surface area (Å²) in [4.78, 5) is 11.5. The molecule has 1 saturated heterocycles. The van der Waals surface area contributed by atoms with Gasteiger partial charge in [0.25, 0.3) is 5.91 Å². The van der Waals surface area contributed by atoms with Crippen LogP contribution in [0.25, 0.3) is 0 Å². The van der Waals surface area contributed by atoms with E-state index in [4.69, 9.17) is 11.5 Å². The molecule has 1 fully saturated rings. The minimum atomic E-state index is -0.417. The van der Waals surface area contributed by atoms with E-state index >= 15 is 0 Å². The van der Waals surface area contributed by atoms with E-state index in [9.17, 15) is 4.79 Å². The van der Waals surface area contributed by atoms with Crippen LogP contribution < -0.4 is 16.9 Å². The minimum Gasteiger partial charge on any atom is -0.330 e. The van der Waals surface area contributed by atoms with Gasteiger partial charge in [-0.3, -0.25) is 10.2 Å². The first kappa shape index (κ1) is 18.3. The SMILES string of the molecule is Cl.Cl.NCCC[C@H](N)C(=O)NN1CCCC1. The van der Waals surface area contributed by atoms with E-state index in [1.165, 1.54) is 0 Å². The van der Waals surface area contributed by atoms with Crippen LogP contribution in [0, 0.1) is 0 Å². The van der Waals surface area contributed by atoms with Crippen molar-refractivity contribution in [3.8, 4) is 0 Å². The number of amides is 1. The standard InChI is InChI=1S/C9H20N4O.2ClH/c10-5-3-4-8(11)9(14)12-13-6-1-2-7-13;;/h8H,1-7,10-11H2,(H,12,14);2*1H/t8-;;/m0../s1. The Balaban J connectivity index is 0. The van der Waals surface area contributed by atoms with Gasteiger partial charge >= 0.3 is 0 Å². The van der Waals surface area contributed by atoms with Crippen LogP contribution in [0.15, 0.2) is 0 Å². The van der Waals surface area contributed by atoms with Crippen LogP contribution in [0.2, 0.25) is 0 Å². The van der Waals surface area contributed by atoms with Crippen molar-refractivity contribution >= 4 is 30.7 Å². The Kier molecular flexibility index (Phi) is 11.6. The Morgan fingerprint density at radius 2 is 1.88 bits per heavy atom. The molecule has 1 aliphatic heterocycles. The molecule has 5 nitrogen and oxygen atoms in total. The third kappa shape index (κ3) is 6.50. The summed E-state index contributed by atoms with van der Waals surface area (Å²) in [6.45, 7) is 2.47. The lowest BCUT2D eigenvalue weighted by atomic mass is 10.1. The summed E-state index contributed by atoms with van der Waals surface area (Å²) in [6.07, 6.45) is 3.77. The number of carbonyl (C=O) groups is 1. The molecule has 16 heavy (non-hydrogen) atoms. The van der Waals surface area contributed by atoms with Gasteiger partial charge in [-0.15, -0.1) is 24.8 Å². The molecule has 98 valence electrons. The zero-order valence-corrected chi connectivity index (χ0v) is 11.0. The topological polar surface area (TPSA) is 84.4 Å². The summed E-state index contributed by atoms with van der Waals surface area (Å²) in [5.74, 6) is -0.0830. The summed E-state index contributed by atoms with van der Waals surface area (Å²) in [7, 11) is 0. The Hall–Kier alpha value is -0.0700. The van der Waals surface area contributed by atoms with Crippen molar-refractivity contribution in [3.63, 3.8) is 0 Å². The Morgan fingerprint density at radius 3 is 2.38 bits per heavy atom. The predicted molar refractivity (Wildman–Crippen MR) is 69.7 cm³/mol. The van der Waals surface area contributed by atoms with Crippen molar-refractivity contribution in [1.29, 1.82) is 0 Å². The van der Waals surface area contributed by atoms with E-state index < -0.39 is 6.04 Å². The molecule has 0 radical (unpaired) electrons. The summed E-state index contributed by atoms with van der Waals surface area (Å²) >= 11 is 0. The Bertz CT molecular complexity index is 188. The molecule has 1 rings (SSSR count). The monoisotopic (exact) mass is 272 g/mol. The van der Waals surface area contributed by atoms with Crippen molar-refractivity contribution in [3.05, 3.63) is 0 Å². The second-order valence-electron chi connectivity index (χ2n) is 3.71. The highest BCUT2D eigenvalue weighted by Gasteiger charge is 2.18. The van der Waals surface area contributed by atoms with Gasteiger partial charge in [-0.1, -0.05) is 0 Å². The molecule has 0 aromatic carbocycles. The fourth-order valence-corrected chi connectivity index (χ4v) is 1.54. The van der Waals surface area contributed by atoms with Crippen molar-refractivity contribution in [1.82, 2.24) is 10.4 Å². The highest BCUT2D eigenvalue weighted by atomic mass is 35.5. The number of halogens is 2. The van der Waals surface area contributed by atoms with Crippen LogP contribution in [0.5, 0.6) is 0 Å². The fraction of sp³-hybridized carbons (Fsp3) is 0.889. The van der Waals surface area contributed by atoms with Crippen molar-refractivity contribution in [2.45, 2.75) is 31.7 Å². The number of hydrazine groups is 1. The lowest BCUT2D eigenvalue weighted by Crippen LogP contribution is -2.48. The van der Waals surface area contributed by atoms with E-state index in [1.54, 1.807) is 0 Å². The van der Waals surface area contributed by atoms with Crippen LogP contribution in [0.4, 0.5) is 0 Å². The smallest absolute Gasteiger partial charge is 0.251 e. The first-order chi connectivity index (χ1) is 6.74. The molecule has 7 heteroatoms. The molecule has 5 N–H and O–H groups in total. The molecule has 0 spiro atoms. The number of nitrogens with two attached hydrogens (primary N) is 2. The number of nitrogens with one attached hydrogen (secondary N) is 1. The maximum Gasteiger partial charge on any atom is 0.251 e. The molecule has 0 aliphatic carbocycles. The average Bonchev–Trinajstić information content (AvgIpc) is 2.66. The second kappa shape index (κ2) is 10.1. The molecule has 0 unspecified atom stereocenters. The quantitative estimate of drug-likeness (QED) is 0.659. The summed E-state index contributed by atoms with van der Waals surface area (Å²) in [5, 5.41) is 1.94. The highest BCUT2D eigenvalue weighted by Crippen LogP contribution is 2.04. The maximum absolute atomic E-state index is 11.5. The lowest BCUT2D eigenvalue weighted by Gasteiger charge is -2.19. The Labute approximate surface area is 109 Å². The van der Waals surface area contributed by atoms with Gasteiger partial charge < -0.3 is 11.5 Å². The predicted octanol–water partition coefficient (Wildman–Crippen LogP) is 0.0232. The molecule has 1 heterocycles. The molecule has 0 bridgehead atoms. The van der Waals surface area contributed by atoms with E-state index in [2.05, 4.69) is 5.43 Å². The van der Waals surface area contributed by atoms with E-state index in [0.29, 0.717) is 13.0 Å². The van der Waals surface area contributed by atoms with Gasteiger partial charge in [0.2, 0.25) is 0 Å². The van der Waals surface area contributed by atoms with Crippen LogP contribution in [-0.4, -0.2) is 36.6 Å². The molecule has 1 aliphatic rings. The minimum absolute atomic E-state index is 0. The number of rotatable bonds is 5. The van der Waals surface area contributed by atoms with Gasteiger partial charge in [-0.2, -0.15) is 0 Å².